The third-order valence-electron chi connectivity index (χ3n) is 3.25. The van der Waals surface area contributed by atoms with E-state index in [0.717, 1.165) is 28.1 Å². The van der Waals surface area contributed by atoms with Gasteiger partial charge in [0.15, 0.2) is 0 Å². The van der Waals surface area contributed by atoms with Crippen molar-refractivity contribution in [2.75, 3.05) is 12.8 Å². The first kappa shape index (κ1) is 14.7. The molecule has 4 heteroatoms. The molecule has 2 aromatic rings. The fourth-order valence-corrected chi connectivity index (χ4v) is 2.28. The molecule has 0 fully saturated rings. The number of benzene rings is 2. The lowest BCUT2D eigenvalue weighted by atomic mass is 10.1. The van der Waals surface area contributed by atoms with Crippen LogP contribution in [0, 0.1) is 25.2 Å². The first-order chi connectivity index (χ1) is 10.0. The summed E-state index contributed by atoms with van der Waals surface area (Å²) in [7, 11) is 1.55. The van der Waals surface area contributed by atoms with Crippen LogP contribution in [0.2, 0.25) is 0 Å². The van der Waals surface area contributed by atoms with E-state index in [1.54, 1.807) is 13.2 Å². The molecule has 0 atom stereocenters. The predicted molar refractivity (Wildman–Crippen MR) is 82.4 cm³/mol. The SMILES string of the molecule is COc1cc(COc2c(C)cc(N)cc2C)ccc1C#N. The summed E-state index contributed by atoms with van der Waals surface area (Å²) in [6, 6.07) is 11.3. The van der Waals surface area contributed by atoms with Crippen molar-refractivity contribution in [1.82, 2.24) is 0 Å². The summed E-state index contributed by atoms with van der Waals surface area (Å²) in [6.07, 6.45) is 0. The monoisotopic (exact) mass is 282 g/mol. The van der Waals surface area contributed by atoms with E-state index in [9.17, 15) is 0 Å². The standard InChI is InChI=1S/C17H18N2O2/c1-11-6-15(19)7-12(2)17(11)21-10-13-4-5-14(9-18)16(8-13)20-3/h4-8H,10,19H2,1-3H3. The summed E-state index contributed by atoms with van der Waals surface area (Å²) >= 11 is 0. The van der Waals surface area contributed by atoms with Gasteiger partial charge in [-0.2, -0.15) is 5.26 Å². The molecular formula is C17H18N2O2. The smallest absolute Gasteiger partial charge is 0.137 e. The van der Waals surface area contributed by atoms with Crippen LogP contribution in [-0.4, -0.2) is 7.11 Å². The Hall–Kier alpha value is -2.67. The zero-order valence-electron chi connectivity index (χ0n) is 12.4. The lowest BCUT2D eigenvalue weighted by Gasteiger charge is -2.13. The van der Waals surface area contributed by atoms with Crippen molar-refractivity contribution in [3.63, 3.8) is 0 Å². The van der Waals surface area contributed by atoms with Crippen LogP contribution in [0.1, 0.15) is 22.3 Å². The van der Waals surface area contributed by atoms with Crippen LogP contribution < -0.4 is 15.2 Å². The highest BCUT2D eigenvalue weighted by Gasteiger charge is 2.08. The van der Waals surface area contributed by atoms with E-state index in [-0.39, 0.29) is 0 Å². The van der Waals surface area contributed by atoms with Crippen molar-refractivity contribution in [2.45, 2.75) is 20.5 Å². The Morgan fingerprint density at radius 1 is 1.14 bits per heavy atom. The maximum absolute atomic E-state index is 8.97. The van der Waals surface area contributed by atoms with Gasteiger partial charge < -0.3 is 15.2 Å². The number of anilines is 1. The molecule has 0 unspecified atom stereocenters. The third kappa shape index (κ3) is 3.26. The molecule has 21 heavy (non-hydrogen) atoms. The van der Waals surface area contributed by atoms with Gasteiger partial charge in [0.05, 0.1) is 12.7 Å². The molecule has 0 aliphatic carbocycles. The molecule has 4 nitrogen and oxygen atoms in total. The number of hydrogen-bond acceptors (Lipinski definition) is 4. The number of rotatable bonds is 4. The van der Waals surface area contributed by atoms with Gasteiger partial charge in [0.25, 0.3) is 0 Å². The van der Waals surface area contributed by atoms with E-state index in [1.807, 2.05) is 38.1 Å². The fraction of sp³-hybridized carbons (Fsp3) is 0.235. The summed E-state index contributed by atoms with van der Waals surface area (Å²) in [4.78, 5) is 0. The zero-order valence-corrected chi connectivity index (χ0v) is 12.4. The van der Waals surface area contributed by atoms with Crippen molar-refractivity contribution in [1.29, 1.82) is 5.26 Å². The minimum atomic E-state index is 0.410. The summed E-state index contributed by atoms with van der Waals surface area (Å²) in [5.74, 6) is 1.40. The van der Waals surface area contributed by atoms with Crippen molar-refractivity contribution >= 4 is 5.69 Å². The van der Waals surface area contributed by atoms with Gasteiger partial charge in [-0.05, 0) is 54.8 Å². The highest BCUT2D eigenvalue weighted by molar-refractivity contribution is 5.52. The van der Waals surface area contributed by atoms with E-state index in [0.29, 0.717) is 17.9 Å². The Balaban J connectivity index is 2.19. The predicted octanol–water partition coefficient (Wildman–Crippen LogP) is 3.34. The second-order valence-electron chi connectivity index (χ2n) is 4.92. The molecule has 2 rings (SSSR count). The second kappa shape index (κ2) is 6.19. The zero-order chi connectivity index (χ0) is 15.4. The van der Waals surface area contributed by atoms with Crippen molar-refractivity contribution in [3.05, 3.63) is 52.6 Å². The summed E-state index contributed by atoms with van der Waals surface area (Å²) in [6.45, 7) is 4.35. The molecular weight excluding hydrogens is 264 g/mol. The second-order valence-corrected chi connectivity index (χ2v) is 4.92. The highest BCUT2D eigenvalue weighted by atomic mass is 16.5. The van der Waals surface area contributed by atoms with E-state index < -0.39 is 0 Å². The average Bonchev–Trinajstić information content (AvgIpc) is 2.45. The van der Waals surface area contributed by atoms with Crippen LogP contribution in [0.15, 0.2) is 30.3 Å². The van der Waals surface area contributed by atoms with Gasteiger partial charge in [-0.3, -0.25) is 0 Å². The molecule has 2 aromatic carbocycles. The Labute approximate surface area is 124 Å². The van der Waals surface area contributed by atoms with Crippen LogP contribution in [0.4, 0.5) is 5.69 Å². The summed E-state index contributed by atoms with van der Waals surface area (Å²) in [5, 5.41) is 8.97. The molecule has 0 amide bonds. The van der Waals surface area contributed by atoms with E-state index in [4.69, 9.17) is 20.5 Å². The molecule has 0 radical (unpaired) electrons. The van der Waals surface area contributed by atoms with Gasteiger partial charge >= 0.3 is 0 Å². The average molecular weight is 282 g/mol. The maximum atomic E-state index is 8.97. The molecule has 0 aliphatic heterocycles. The first-order valence-electron chi connectivity index (χ1n) is 6.61. The first-order valence-corrected chi connectivity index (χ1v) is 6.61. The van der Waals surface area contributed by atoms with Crippen molar-refractivity contribution in [2.24, 2.45) is 0 Å². The van der Waals surface area contributed by atoms with Crippen LogP contribution in [-0.2, 0) is 6.61 Å². The number of nitrogens with zero attached hydrogens (tertiary/aromatic N) is 1. The van der Waals surface area contributed by atoms with Crippen LogP contribution in [0.3, 0.4) is 0 Å². The van der Waals surface area contributed by atoms with Gasteiger partial charge in [0.2, 0.25) is 0 Å². The minimum absolute atomic E-state index is 0.410. The highest BCUT2D eigenvalue weighted by Crippen LogP contribution is 2.27. The number of nitrogen functional groups attached to an aromatic ring is 1. The molecule has 0 saturated carbocycles. The van der Waals surface area contributed by atoms with E-state index >= 15 is 0 Å². The van der Waals surface area contributed by atoms with Crippen LogP contribution in [0.25, 0.3) is 0 Å². The number of hydrogen-bond donors (Lipinski definition) is 1. The summed E-state index contributed by atoms with van der Waals surface area (Å²) < 4.78 is 11.1. The number of ether oxygens (including phenoxy) is 2. The Kier molecular flexibility index (Phi) is 4.34. The summed E-state index contributed by atoms with van der Waals surface area (Å²) in [5.41, 5.74) is 10.0. The number of methoxy groups -OCH3 is 1. The molecule has 0 saturated heterocycles. The third-order valence-corrected chi connectivity index (χ3v) is 3.25. The van der Waals surface area contributed by atoms with E-state index in [2.05, 4.69) is 6.07 Å². The van der Waals surface area contributed by atoms with Crippen LogP contribution in [0.5, 0.6) is 11.5 Å². The largest absolute Gasteiger partial charge is 0.495 e. The van der Waals surface area contributed by atoms with Gasteiger partial charge in [0, 0.05) is 5.69 Å². The van der Waals surface area contributed by atoms with Crippen molar-refractivity contribution < 1.29 is 9.47 Å². The Bertz CT molecular complexity index is 679. The number of aryl methyl sites for hydroxylation is 2. The molecule has 0 aliphatic rings. The maximum Gasteiger partial charge on any atom is 0.137 e. The molecule has 2 N–H and O–H groups in total. The van der Waals surface area contributed by atoms with Gasteiger partial charge in [-0.15, -0.1) is 0 Å². The minimum Gasteiger partial charge on any atom is -0.495 e. The lowest BCUT2D eigenvalue weighted by Crippen LogP contribution is -2.01. The van der Waals surface area contributed by atoms with E-state index in [1.165, 1.54) is 0 Å². The van der Waals surface area contributed by atoms with Gasteiger partial charge in [-0.1, -0.05) is 6.07 Å². The van der Waals surface area contributed by atoms with Gasteiger partial charge in [0.1, 0.15) is 24.2 Å². The van der Waals surface area contributed by atoms with Gasteiger partial charge in [-0.25, -0.2) is 0 Å². The van der Waals surface area contributed by atoms with Crippen LogP contribution >= 0.6 is 0 Å². The lowest BCUT2D eigenvalue weighted by molar-refractivity contribution is 0.301. The fourth-order valence-electron chi connectivity index (χ4n) is 2.28. The molecule has 0 heterocycles. The normalized spacial score (nSPS) is 10.0. The molecule has 0 bridgehead atoms. The molecule has 108 valence electrons. The number of nitriles is 1. The molecule has 0 spiro atoms. The quantitative estimate of drug-likeness (QED) is 0.873. The molecule has 0 aromatic heterocycles. The van der Waals surface area contributed by atoms with Crippen molar-refractivity contribution in [3.8, 4) is 17.6 Å². The Morgan fingerprint density at radius 3 is 2.38 bits per heavy atom. The Morgan fingerprint density at radius 2 is 1.81 bits per heavy atom. The topological polar surface area (TPSA) is 68.3 Å². The number of nitrogens with two attached hydrogens (primary N) is 1.